The minimum Gasteiger partial charge on any atom is -0.274 e. The van der Waals surface area contributed by atoms with Crippen molar-refractivity contribution < 1.29 is 9.59 Å². The van der Waals surface area contributed by atoms with E-state index in [1.54, 1.807) is 41.2 Å². The van der Waals surface area contributed by atoms with Crippen molar-refractivity contribution in [3.8, 4) is 11.4 Å². The van der Waals surface area contributed by atoms with Gasteiger partial charge in [-0.15, -0.1) is 10.2 Å². The Labute approximate surface area is 157 Å². The summed E-state index contributed by atoms with van der Waals surface area (Å²) < 4.78 is 1.67. The van der Waals surface area contributed by atoms with Gasteiger partial charge < -0.3 is 0 Å². The molecule has 1 aromatic carbocycles. The lowest BCUT2D eigenvalue weighted by Crippen LogP contribution is -2.31. The number of imide groups is 1. The van der Waals surface area contributed by atoms with Gasteiger partial charge in [0.15, 0.2) is 5.82 Å². The molecule has 1 aliphatic heterocycles. The molecule has 9 heteroatoms. The predicted octanol–water partition coefficient (Wildman–Crippen LogP) is 2.09. The molecule has 0 aliphatic carbocycles. The molecular formula is C18H12N6O2S. The first-order valence-corrected chi connectivity index (χ1v) is 9.11. The van der Waals surface area contributed by atoms with E-state index >= 15 is 0 Å². The predicted molar refractivity (Wildman–Crippen MR) is 97.4 cm³/mol. The topological polar surface area (TPSA) is 93.4 Å². The molecule has 0 saturated carbocycles. The second-order valence-corrected chi connectivity index (χ2v) is 7.05. The van der Waals surface area contributed by atoms with Gasteiger partial charge in [-0.2, -0.15) is 9.61 Å². The number of amides is 2. The van der Waals surface area contributed by atoms with Crippen LogP contribution < -0.4 is 0 Å². The third-order valence-electron chi connectivity index (χ3n) is 4.38. The molecule has 8 nitrogen and oxygen atoms in total. The van der Waals surface area contributed by atoms with Crippen molar-refractivity contribution in [3.05, 3.63) is 64.9 Å². The van der Waals surface area contributed by atoms with Gasteiger partial charge >= 0.3 is 0 Å². The summed E-state index contributed by atoms with van der Waals surface area (Å²) in [6.45, 7) is 0.276. The monoisotopic (exact) mass is 376 g/mol. The highest BCUT2D eigenvalue weighted by Gasteiger charge is 2.34. The van der Waals surface area contributed by atoms with Crippen LogP contribution in [0.4, 0.5) is 0 Å². The number of hydrogen-bond acceptors (Lipinski definition) is 7. The number of carbonyl (C=O) groups excluding carboxylic acids is 2. The Hall–Kier alpha value is -3.46. The number of fused-ring (bicyclic) bond motifs is 2. The number of benzene rings is 1. The molecule has 27 heavy (non-hydrogen) atoms. The van der Waals surface area contributed by atoms with E-state index in [-0.39, 0.29) is 18.4 Å². The number of carbonyl (C=O) groups is 2. The Morgan fingerprint density at radius 3 is 2.44 bits per heavy atom. The Balaban J connectivity index is 1.38. The number of hydrogen-bond donors (Lipinski definition) is 0. The van der Waals surface area contributed by atoms with Crippen LogP contribution in [0.3, 0.4) is 0 Å². The average molecular weight is 376 g/mol. The van der Waals surface area contributed by atoms with E-state index in [2.05, 4.69) is 20.3 Å². The largest absolute Gasteiger partial charge is 0.274 e. The summed E-state index contributed by atoms with van der Waals surface area (Å²) in [5, 5.41) is 13.6. The first kappa shape index (κ1) is 15.8. The molecule has 0 unspecified atom stereocenters. The van der Waals surface area contributed by atoms with E-state index in [9.17, 15) is 9.59 Å². The standard InChI is InChI=1S/C18H12N6O2S/c25-16-12-5-1-2-6-13(12)17(26)23(16)9-7-14-22-24-15(20-21-18(24)27-14)11-4-3-8-19-10-11/h1-6,8,10H,7,9H2. The van der Waals surface area contributed by atoms with Crippen LogP contribution in [0, 0.1) is 0 Å². The number of aromatic nitrogens is 5. The first-order chi connectivity index (χ1) is 13.2. The van der Waals surface area contributed by atoms with Gasteiger partial charge in [0.05, 0.1) is 11.1 Å². The molecular weight excluding hydrogens is 364 g/mol. The molecule has 3 aromatic heterocycles. The Kier molecular flexibility index (Phi) is 3.54. The summed E-state index contributed by atoms with van der Waals surface area (Å²) in [7, 11) is 0. The van der Waals surface area contributed by atoms with E-state index in [1.807, 2.05) is 12.1 Å². The van der Waals surface area contributed by atoms with Crippen LogP contribution in [-0.4, -0.2) is 48.1 Å². The fourth-order valence-corrected chi connectivity index (χ4v) is 3.90. The summed E-state index contributed by atoms with van der Waals surface area (Å²) in [5.41, 5.74) is 1.74. The molecule has 4 heterocycles. The second kappa shape index (κ2) is 6.06. The fraction of sp³-hybridized carbons (Fsp3) is 0.111. The van der Waals surface area contributed by atoms with Crippen LogP contribution in [0.2, 0.25) is 0 Å². The van der Waals surface area contributed by atoms with Crippen molar-refractivity contribution >= 4 is 28.1 Å². The third-order valence-corrected chi connectivity index (χ3v) is 5.34. The van der Waals surface area contributed by atoms with E-state index in [4.69, 9.17) is 0 Å². The minimum absolute atomic E-state index is 0.255. The summed E-state index contributed by atoms with van der Waals surface area (Å²) >= 11 is 1.39. The fourth-order valence-electron chi connectivity index (χ4n) is 3.08. The van der Waals surface area contributed by atoms with Crippen LogP contribution in [0.25, 0.3) is 16.3 Å². The molecule has 2 amide bonds. The SMILES string of the molecule is O=C1c2ccccc2C(=O)N1CCc1nn2c(-c3cccnc3)nnc2s1. The second-order valence-electron chi connectivity index (χ2n) is 6.01. The number of rotatable bonds is 4. The van der Waals surface area contributed by atoms with E-state index < -0.39 is 0 Å². The summed E-state index contributed by atoms with van der Waals surface area (Å²) in [6, 6.07) is 10.6. The lowest BCUT2D eigenvalue weighted by molar-refractivity contribution is 0.0656. The summed E-state index contributed by atoms with van der Waals surface area (Å²) in [6.07, 6.45) is 3.86. The summed E-state index contributed by atoms with van der Waals surface area (Å²) in [5.74, 6) is 0.102. The van der Waals surface area contributed by atoms with Crippen molar-refractivity contribution in [2.75, 3.05) is 6.54 Å². The molecule has 0 fully saturated rings. The van der Waals surface area contributed by atoms with Crippen LogP contribution in [-0.2, 0) is 6.42 Å². The number of nitrogens with zero attached hydrogens (tertiary/aromatic N) is 6. The van der Waals surface area contributed by atoms with Gasteiger partial charge in [0.25, 0.3) is 11.8 Å². The average Bonchev–Trinajstić information content (AvgIpc) is 3.34. The Morgan fingerprint density at radius 2 is 1.74 bits per heavy atom. The molecule has 0 saturated heterocycles. The zero-order valence-electron chi connectivity index (χ0n) is 13.9. The highest BCUT2D eigenvalue weighted by Crippen LogP contribution is 2.24. The maximum atomic E-state index is 12.4. The van der Waals surface area contributed by atoms with E-state index in [1.165, 1.54) is 16.2 Å². The first-order valence-electron chi connectivity index (χ1n) is 8.29. The van der Waals surface area contributed by atoms with Crippen molar-refractivity contribution in [3.63, 3.8) is 0 Å². The zero-order chi connectivity index (χ0) is 18.4. The molecule has 0 N–H and O–H groups in total. The van der Waals surface area contributed by atoms with Gasteiger partial charge in [-0.05, 0) is 24.3 Å². The van der Waals surface area contributed by atoms with Gasteiger partial charge in [-0.1, -0.05) is 23.5 Å². The lowest BCUT2D eigenvalue weighted by atomic mass is 10.1. The molecule has 1 aliphatic rings. The highest BCUT2D eigenvalue weighted by molar-refractivity contribution is 7.16. The molecule has 5 rings (SSSR count). The van der Waals surface area contributed by atoms with Gasteiger partial charge in [0.2, 0.25) is 4.96 Å². The molecule has 0 bridgehead atoms. The van der Waals surface area contributed by atoms with E-state index in [0.717, 1.165) is 10.6 Å². The molecule has 132 valence electrons. The lowest BCUT2D eigenvalue weighted by Gasteiger charge is -2.12. The number of pyridine rings is 1. The third kappa shape index (κ3) is 2.51. The van der Waals surface area contributed by atoms with Crippen LogP contribution in [0.1, 0.15) is 25.7 Å². The molecule has 0 spiro atoms. The van der Waals surface area contributed by atoms with Gasteiger partial charge in [-0.3, -0.25) is 19.5 Å². The maximum absolute atomic E-state index is 12.4. The molecule has 4 aromatic rings. The highest BCUT2D eigenvalue weighted by atomic mass is 32.1. The van der Waals surface area contributed by atoms with Crippen molar-refractivity contribution in [2.24, 2.45) is 0 Å². The van der Waals surface area contributed by atoms with Gasteiger partial charge in [0, 0.05) is 30.9 Å². The van der Waals surface area contributed by atoms with Crippen LogP contribution >= 0.6 is 11.3 Å². The van der Waals surface area contributed by atoms with Crippen molar-refractivity contribution in [1.82, 2.24) is 29.7 Å². The Bertz CT molecular complexity index is 1150. The van der Waals surface area contributed by atoms with Crippen molar-refractivity contribution in [2.45, 2.75) is 6.42 Å². The van der Waals surface area contributed by atoms with Crippen LogP contribution in [0.15, 0.2) is 48.8 Å². The normalized spacial score (nSPS) is 13.6. The van der Waals surface area contributed by atoms with Crippen molar-refractivity contribution in [1.29, 1.82) is 0 Å². The quantitative estimate of drug-likeness (QED) is 0.506. The van der Waals surface area contributed by atoms with Gasteiger partial charge in [0.1, 0.15) is 5.01 Å². The maximum Gasteiger partial charge on any atom is 0.261 e. The zero-order valence-corrected chi connectivity index (χ0v) is 14.8. The Morgan fingerprint density at radius 1 is 0.963 bits per heavy atom. The molecule has 0 radical (unpaired) electrons. The summed E-state index contributed by atoms with van der Waals surface area (Å²) in [4.78, 5) is 30.9. The minimum atomic E-state index is -0.255. The smallest absolute Gasteiger partial charge is 0.261 e. The van der Waals surface area contributed by atoms with E-state index in [0.29, 0.717) is 28.3 Å². The van der Waals surface area contributed by atoms with Crippen LogP contribution in [0.5, 0.6) is 0 Å². The van der Waals surface area contributed by atoms with Gasteiger partial charge in [-0.25, -0.2) is 0 Å². The molecule has 0 atom stereocenters.